The van der Waals surface area contributed by atoms with Crippen molar-refractivity contribution in [2.75, 3.05) is 32.5 Å². The largest absolute Gasteiger partial charge is 0.393 e. The number of anilines is 1. The number of hydrogen-bond acceptors (Lipinski definition) is 5. The molecular formula is C14H21N3O3. The molecule has 110 valence electrons. The van der Waals surface area contributed by atoms with E-state index < -0.39 is 4.92 Å². The summed E-state index contributed by atoms with van der Waals surface area (Å²) in [5.41, 5.74) is 6.76. The van der Waals surface area contributed by atoms with Crippen molar-refractivity contribution in [2.45, 2.75) is 19.4 Å². The molecule has 6 heteroatoms. The van der Waals surface area contributed by atoms with Crippen LogP contribution in [0, 0.1) is 16.0 Å². The highest BCUT2D eigenvalue weighted by molar-refractivity contribution is 5.59. The number of nitro benzene ring substituents is 1. The molecule has 20 heavy (non-hydrogen) atoms. The summed E-state index contributed by atoms with van der Waals surface area (Å²) in [7, 11) is 1.74. The number of likely N-dealkylation sites (tertiary alicyclic amines) is 1. The molecule has 0 unspecified atom stereocenters. The lowest BCUT2D eigenvalue weighted by molar-refractivity contribution is -0.384. The van der Waals surface area contributed by atoms with E-state index in [0.717, 1.165) is 44.6 Å². The predicted octanol–water partition coefficient (Wildman–Crippen LogP) is 2.04. The average molecular weight is 279 g/mol. The average Bonchev–Trinajstić information content (AvgIpc) is 2.43. The first-order valence-electron chi connectivity index (χ1n) is 6.84. The van der Waals surface area contributed by atoms with Crippen molar-refractivity contribution in [2.24, 2.45) is 5.92 Å². The van der Waals surface area contributed by atoms with Gasteiger partial charge in [0.2, 0.25) is 0 Å². The summed E-state index contributed by atoms with van der Waals surface area (Å²) < 4.78 is 5.18. The van der Waals surface area contributed by atoms with E-state index in [1.54, 1.807) is 19.2 Å². The molecule has 0 saturated carbocycles. The van der Waals surface area contributed by atoms with Crippen LogP contribution in [-0.4, -0.2) is 36.6 Å². The van der Waals surface area contributed by atoms with Crippen molar-refractivity contribution < 1.29 is 9.66 Å². The normalized spacial score (nSPS) is 17.2. The highest BCUT2D eigenvalue weighted by atomic mass is 16.6. The second-order valence-electron chi connectivity index (χ2n) is 5.33. The molecule has 1 aliphatic heterocycles. The Morgan fingerprint density at radius 3 is 2.75 bits per heavy atom. The van der Waals surface area contributed by atoms with E-state index in [1.165, 1.54) is 0 Å². The molecule has 1 aromatic rings. The second-order valence-corrected chi connectivity index (χ2v) is 5.33. The quantitative estimate of drug-likeness (QED) is 0.506. The zero-order valence-electron chi connectivity index (χ0n) is 11.7. The van der Waals surface area contributed by atoms with Gasteiger partial charge in [0.25, 0.3) is 5.69 Å². The Morgan fingerprint density at radius 2 is 2.15 bits per heavy atom. The van der Waals surface area contributed by atoms with Crippen LogP contribution in [0.1, 0.15) is 18.4 Å². The summed E-state index contributed by atoms with van der Waals surface area (Å²) in [5.74, 6) is 0.636. The molecule has 1 fully saturated rings. The highest BCUT2D eigenvalue weighted by Crippen LogP contribution is 2.24. The minimum Gasteiger partial charge on any atom is -0.393 e. The Kier molecular flexibility index (Phi) is 4.92. The van der Waals surface area contributed by atoms with Gasteiger partial charge in [-0.25, -0.2) is 0 Å². The fourth-order valence-corrected chi connectivity index (χ4v) is 2.65. The molecule has 0 atom stereocenters. The molecule has 2 rings (SSSR count). The van der Waals surface area contributed by atoms with E-state index >= 15 is 0 Å². The maximum atomic E-state index is 10.9. The van der Waals surface area contributed by atoms with Gasteiger partial charge in [0.05, 0.1) is 4.92 Å². The zero-order chi connectivity index (χ0) is 14.5. The van der Waals surface area contributed by atoms with Crippen LogP contribution in [0.25, 0.3) is 0 Å². The summed E-state index contributed by atoms with van der Waals surface area (Å²) in [6.45, 7) is 3.57. The van der Waals surface area contributed by atoms with Crippen molar-refractivity contribution >= 4 is 11.4 Å². The smallest absolute Gasteiger partial charge is 0.292 e. The number of methoxy groups -OCH3 is 1. The van der Waals surface area contributed by atoms with Crippen molar-refractivity contribution in [3.8, 4) is 0 Å². The number of nitrogens with two attached hydrogens (primary N) is 1. The molecule has 0 amide bonds. The molecule has 0 aliphatic carbocycles. The maximum absolute atomic E-state index is 10.9. The van der Waals surface area contributed by atoms with Gasteiger partial charge < -0.3 is 10.5 Å². The lowest BCUT2D eigenvalue weighted by Gasteiger charge is -2.31. The third kappa shape index (κ3) is 3.68. The van der Waals surface area contributed by atoms with Gasteiger partial charge in [0.1, 0.15) is 5.69 Å². The molecule has 6 nitrogen and oxygen atoms in total. The van der Waals surface area contributed by atoms with Crippen molar-refractivity contribution in [3.05, 3.63) is 33.9 Å². The molecule has 1 saturated heterocycles. The first kappa shape index (κ1) is 14.7. The lowest BCUT2D eigenvalue weighted by atomic mass is 9.97. The van der Waals surface area contributed by atoms with Crippen LogP contribution in [0.4, 0.5) is 11.4 Å². The van der Waals surface area contributed by atoms with Gasteiger partial charge in [-0.3, -0.25) is 15.0 Å². The molecular weight excluding hydrogens is 258 g/mol. The minimum atomic E-state index is -0.427. The number of nitrogens with zero attached hydrogens (tertiary/aromatic N) is 2. The third-order valence-electron chi connectivity index (χ3n) is 3.81. The third-order valence-corrected chi connectivity index (χ3v) is 3.81. The minimum absolute atomic E-state index is 0.00299. The number of benzene rings is 1. The van der Waals surface area contributed by atoms with Gasteiger partial charge in [0.15, 0.2) is 0 Å². The molecule has 0 aromatic heterocycles. The predicted molar refractivity (Wildman–Crippen MR) is 77.4 cm³/mol. The van der Waals surface area contributed by atoms with Gasteiger partial charge in [-0.15, -0.1) is 0 Å². The molecule has 0 spiro atoms. The van der Waals surface area contributed by atoms with Crippen LogP contribution in [0.3, 0.4) is 0 Å². The number of piperidine rings is 1. The first-order chi connectivity index (χ1) is 9.60. The number of ether oxygens (including phenoxy) is 1. The zero-order valence-corrected chi connectivity index (χ0v) is 11.7. The van der Waals surface area contributed by atoms with E-state index in [1.807, 2.05) is 6.07 Å². The Hall–Kier alpha value is -1.66. The maximum Gasteiger partial charge on any atom is 0.292 e. The molecule has 1 heterocycles. The summed E-state index contributed by atoms with van der Waals surface area (Å²) in [6, 6.07) is 5.06. The van der Waals surface area contributed by atoms with Gasteiger partial charge in [-0.05, 0) is 43.5 Å². The Labute approximate surface area is 118 Å². The van der Waals surface area contributed by atoms with E-state index in [2.05, 4.69) is 4.90 Å². The Balaban J connectivity index is 1.94. The summed E-state index contributed by atoms with van der Waals surface area (Å²) in [6.07, 6.45) is 2.23. The number of hydrogen-bond donors (Lipinski definition) is 1. The van der Waals surface area contributed by atoms with Crippen LogP contribution >= 0.6 is 0 Å². The highest BCUT2D eigenvalue weighted by Gasteiger charge is 2.20. The number of rotatable bonds is 5. The van der Waals surface area contributed by atoms with E-state index in [9.17, 15) is 10.1 Å². The van der Waals surface area contributed by atoms with Crippen LogP contribution in [0.2, 0.25) is 0 Å². The lowest BCUT2D eigenvalue weighted by Crippen LogP contribution is -2.34. The molecule has 0 bridgehead atoms. The Morgan fingerprint density at radius 1 is 1.45 bits per heavy atom. The van der Waals surface area contributed by atoms with Gasteiger partial charge in [-0.1, -0.05) is 6.07 Å². The first-order valence-corrected chi connectivity index (χ1v) is 6.84. The van der Waals surface area contributed by atoms with Gasteiger partial charge in [0, 0.05) is 26.3 Å². The van der Waals surface area contributed by atoms with E-state index in [-0.39, 0.29) is 11.4 Å². The fourth-order valence-electron chi connectivity index (χ4n) is 2.65. The SMILES string of the molecule is COCC1CCN(Cc2ccc(N)c([N+](=O)[O-])c2)CC1. The van der Waals surface area contributed by atoms with Gasteiger partial charge in [-0.2, -0.15) is 0 Å². The topological polar surface area (TPSA) is 81.6 Å². The van der Waals surface area contributed by atoms with E-state index in [4.69, 9.17) is 10.5 Å². The monoisotopic (exact) mass is 279 g/mol. The number of nitrogen functional groups attached to an aromatic ring is 1. The molecule has 0 radical (unpaired) electrons. The fraction of sp³-hybridized carbons (Fsp3) is 0.571. The van der Waals surface area contributed by atoms with Crippen LogP contribution in [0.5, 0.6) is 0 Å². The summed E-state index contributed by atoms with van der Waals surface area (Å²) in [4.78, 5) is 12.8. The van der Waals surface area contributed by atoms with E-state index in [0.29, 0.717) is 5.92 Å². The molecule has 2 N–H and O–H groups in total. The van der Waals surface area contributed by atoms with Crippen LogP contribution < -0.4 is 5.73 Å². The van der Waals surface area contributed by atoms with Gasteiger partial charge >= 0.3 is 0 Å². The second kappa shape index (κ2) is 6.67. The van der Waals surface area contributed by atoms with Crippen molar-refractivity contribution in [1.82, 2.24) is 4.90 Å². The summed E-state index contributed by atoms with van der Waals surface area (Å²) >= 11 is 0. The van der Waals surface area contributed by atoms with Crippen LogP contribution in [-0.2, 0) is 11.3 Å². The number of nitro groups is 1. The summed E-state index contributed by atoms with van der Waals surface area (Å²) in [5, 5.41) is 10.9. The van der Waals surface area contributed by atoms with Crippen molar-refractivity contribution in [3.63, 3.8) is 0 Å². The standard InChI is InChI=1S/C14H21N3O3/c1-20-10-11-4-6-16(7-5-11)9-12-2-3-13(15)14(8-12)17(18)19/h2-3,8,11H,4-7,9-10,15H2,1H3. The molecule has 1 aliphatic rings. The molecule has 1 aromatic carbocycles. The van der Waals surface area contributed by atoms with Crippen LogP contribution in [0.15, 0.2) is 18.2 Å². The Bertz CT molecular complexity index is 471. The van der Waals surface area contributed by atoms with Crippen molar-refractivity contribution in [1.29, 1.82) is 0 Å².